The molecule has 0 bridgehead atoms. The van der Waals surface area contributed by atoms with Crippen LogP contribution >= 0.6 is 11.6 Å². The van der Waals surface area contributed by atoms with Crippen molar-refractivity contribution in [2.45, 2.75) is 51.7 Å². The van der Waals surface area contributed by atoms with Crippen LogP contribution in [0.2, 0.25) is 5.02 Å². The van der Waals surface area contributed by atoms with Crippen molar-refractivity contribution in [1.82, 2.24) is 14.7 Å². The van der Waals surface area contributed by atoms with E-state index in [1.165, 1.54) is 17.0 Å². The smallest absolute Gasteiger partial charge is 0.294 e. The largest absolute Gasteiger partial charge is 0.342 e. The van der Waals surface area contributed by atoms with Crippen molar-refractivity contribution >= 4 is 34.8 Å². The summed E-state index contributed by atoms with van der Waals surface area (Å²) in [4.78, 5) is 44.5. The van der Waals surface area contributed by atoms with E-state index in [9.17, 15) is 18.8 Å². The van der Waals surface area contributed by atoms with Crippen LogP contribution in [0, 0.1) is 5.82 Å². The summed E-state index contributed by atoms with van der Waals surface area (Å²) >= 11 is 6.65. The van der Waals surface area contributed by atoms with E-state index in [1.807, 2.05) is 18.7 Å². The van der Waals surface area contributed by atoms with E-state index in [0.717, 1.165) is 11.1 Å². The predicted octanol–water partition coefficient (Wildman–Crippen LogP) is 4.76. The van der Waals surface area contributed by atoms with Crippen molar-refractivity contribution in [3.63, 3.8) is 0 Å². The summed E-state index contributed by atoms with van der Waals surface area (Å²) < 4.78 is 13.3. The summed E-state index contributed by atoms with van der Waals surface area (Å²) in [5.41, 5.74) is 3.13. The van der Waals surface area contributed by atoms with Crippen LogP contribution in [0.25, 0.3) is 5.57 Å². The van der Waals surface area contributed by atoms with Gasteiger partial charge in [-0.15, -0.1) is 0 Å². The number of rotatable bonds is 5. The predicted molar refractivity (Wildman–Crippen MR) is 143 cm³/mol. The molecule has 1 fully saturated rings. The Hall–Kier alpha value is -3.03. The van der Waals surface area contributed by atoms with Crippen LogP contribution in [-0.4, -0.2) is 71.6 Å². The Morgan fingerprint density at radius 1 is 1.03 bits per heavy atom. The fourth-order valence-electron chi connectivity index (χ4n) is 5.14. The standard InChI is InChI=1S/C29H33ClFN3O3/c1-17-6-11-22(27(35)29(37)32(4)5)24-12-25(26(30)13-23(17)24)28(36)34-15-18(2)33(14-19(34)3)16-20-7-9-21(31)10-8-20/h7-13,17-19H,6,14-16H2,1-5H3/t17?,18-,19+/m0/s1. The Morgan fingerprint density at radius 2 is 1.70 bits per heavy atom. The summed E-state index contributed by atoms with van der Waals surface area (Å²) in [5.74, 6) is -1.54. The maximum absolute atomic E-state index is 13.8. The lowest BCUT2D eigenvalue weighted by molar-refractivity contribution is -0.139. The van der Waals surface area contributed by atoms with E-state index < -0.39 is 11.7 Å². The van der Waals surface area contributed by atoms with E-state index in [-0.39, 0.29) is 29.7 Å². The first-order valence-corrected chi connectivity index (χ1v) is 12.9. The number of benzene rings is 2. The molecular weight excluding hydrogens is 493 g/mol. The van der Waals surface area contributed by atoms with Gasteiger partial charge in [0.05, 0.1) is 10.6 Å². The average molecular weight is 526 g/mol. The van der Waals surface area contributed by atoms with Crippen molar-refractivity contribution in [3.8, 4) is 0 Å². The molecule has 2 aromatic carbocycles. The molecule has 1 aliphatic carbocycles. The Morgan fingerprint density at radius 3 is 2.35 bits per heavy atom. The topological polar surface area (TPSA) is 60.9 Å². The zero-order valence-corrected chi connectivity index (χ0v) is 22.7. The molecule has 37 heavy (non-hydrogen) atoms. The van der Waals surface area contributed by atoms with Crippen LogP contribution in [0.5, 0.6) is 0 Å². The second kappa shape index (κ2) is 10.8. The van der Waals surface area contributed by atoms with Crippen LogP contribution in [0.15, 0.2) is 42.5 Å². The molecule has 0 aromatic heterocycles. The molecule has 2 amide bonds. The molecule has 1 heterocycles. The highest BCUT2D eigenvalue weighted by molar-refractivity contribution is 6.53. The molecule has 8 heteroatoms. The van der Waals surface area contributed by atoms with Crippen molar-refractivity contribution in [2.75, 3.05) is 27.2 Å². The summed E-state index contributed by atoms with van der Waals surface area (Å²) in [7, 11) is 3.09. The minimum absolute atomic E-state index is 0.0800. The minimum atomic E-state index is -0.602. The van der Waals surface area contributed by atoms with Crippen LogP contribution in [0.1, 0.15) is 60.2 Å². The number of piperazine rings is 1. The number of Topliss-reactive ketones (excluding diaryl/α,β-unsaturated/α-hetero) is 1. The van der Waals surface area contributed by atoms with Crippen molar-refractivity contribution in [3.05, 3.63) is 75.6 Å². The lowest BCUT2D eigenvalue weighted by atomic mass is 9.81. The number of hydrogen-bond acceptors (Lipinski definition) is 4. The summed E-state index contributed by atoms with van der Waals surface area (Å²) in [6.07, 6.45) is 2.40. The van der Waals surface area contributed by atoms with E-state index in [2.05, 4.69) is 11.8 Å². The van der Waals surface area contributed by atoms with Gasteiger partial charge in [0, 0.05) is 51.4 Å². The number of halogens is 2. The molecule has 0 saturated carbocycles. The lowest BCUT2D eigenvalue weighted by Gasteiger charge is -2.44. The van der Waals surface area contributed by atoms with Gasteiger partial charge in [0.2, 0.25) is 0 Å². The molecule has 0 spiro atoms. The molecule has 1 aliphatic heterocycles. The van der Waals surface area contributed by atoms with Gasteiger partial charge in [-0.1, -0.05) is 36.7 Å². The number of carbonyl (C=O) groups is 3. The van der Waals surface area contributed by atoms with E-state index in [1.54, 1.807) is 44.4 Å². The third kappa shape index (κ3) is 5.48. The Labute approximate surface area is 222 Å². The normalized spacial score (nSPS) is 21.8. The first kappa shape index (κ1) is 27.0. The number of carbonyl (C=O) groups excluding carboxylic acids is 3. The molecule has 1 saturated heterocycles. The third-order valence-corrected chi connectivity index (χ3v) is 7.70. The molecule has 2 aromatic rings. The summed E-state index contributed by atoms with van der Waals surface area (Å²) in [5, 5.41) is 0.344. The number of amides is 2. The fourth-order valence-corrected chi connectivity index (χ4v) is 5.39. The Balaban J connectivity index is 1.59. The maximum Gasteiger partial charge on any atom is 0.294 e. The molecule has 0 N–H and O–H groups in total. The van der Waals surface area contributed by atoms with Gasteiger partial charge in [0.25, 0.3) is 17.6 Å². The number of ketones is 1. The van der Waals surface area contributed by atoms with Gasteiger partial charge in [0.15, 0.2) is 0 Å². The van der Waals surface area contributed by atoms with Gasteiger partial charge in [0.1, 0.15) is 5.82 Å². The van der Waals surface area contributed by atoms with E-state index in [4.69, 9.17) is 11.6 Å². The fraction of sp³-hybridized carbons (Fsp3) is 0.414. The molecule has 2 aliphatic rings. The lowest BCUT2D eigenvalue weighted by Crippen LogP contribution is -2.57. The molecule has 1 unspecified atom stereocenters. The third-order valence-electron chi connectivity index (χ3n) is 7.39. The first-order chi connectivity index (χ1) is 17.5. The summed E-state index contributed by atoms with van der Waals surface area (Å²) in [6.45, 7) is 7.93. The molecule has 4 rings (SSSR count). The molecular formula is C29H33ClFN3O3. The minimum Gasteiger partial charge on any atom is -0.342 e. The molecule has 3 atom stereocenters. The number of likely N-dealkylation sites (N-methyl/N-ethyl adjacent to an activating group) is 1. The molecule has 196 valence electrons. The monoisotopic (exact) mass is 525 g/mol. The zero-order valence-electron chi connectivity index (χ0n) is 21.9. The summed E-state index contributed by atoms with van der Waals surface area (Å²) in [6, 6.07) is 9.94. The van der Waals surface area contributed by atoms with Gasteiger partial charge in [-0.2, -0.15) is 0 Å². The van der Waals surface area contributed by atoms with Gasteiger partial charge in [-0.3, -0.25) is 19.3 Å². The number of nitrogens with zero attached hydrogens (tertiary/aromatic N) is 3. The van der Waals surface area contributed by atoms with Gasteiger partial charge < -0.3 is 9.80 Å². The highest BCUT2D eigenvalue weighted by atomic mass is 35.5. The van der Waals surface area contributed by atoms with Crippen LogP contribution in [0.4, 0.5) is 4.39 Å². The van der Waals surface area contributed by atoms with Crippen molar-refractivity contribution in [2.24, 2.45) is 0 Å². The number of allylic oxidation sites excluding steroid dienone is 1. The van der Waals surface area contributed by atoms with E-state index in [0.29, 0.717) is 47.8 Å². The van der Waals surface area contributed by atoms with Crippen molar-refractivity contribution in [1.29, 1.82) is 0 Å². The van der Waals surface area contributed by atoms with Crippen LogP contribution in [0.3, 0.4) is 0 Å². The average Bonchev–Trinajstić information content (AvgIpc) is 2.86. The van der Waals surface area contributed by atoms with Crippen LogP contribution < -0.4 is 0 Å². The first-order valence-electron chi connectivity index (χ1n) is 12.6. The number of hydrogen-bond donors (Lipinski definition) is 0. The Kier molecular flexibility index (Phi) is 7.85. The van der Waals surface area contributed by atoms with Gasteiger partial charge in [-0.25, -0.2) is 4.39 Å². The highest BCUT2D eigenvalue weighted by Crippen LogP contribution is 2.38. The second-order valence-corrected chi connectivity index (χ2v) is 10.8. The molecule has 0 radical (unpaired) electrons. The van der Waals surface area contributed by atoms with Gasteiger partial charge >= 0.3 is 0 Å². The number of fused-ring (bicyclic) bond motifs is 1. The van der Waals surface area contributed by atoms with Gasteiger partial charge in [-0.05, 0) is 67.1 Å². The Bertz CT molecular complexity index is 1260. The SMILES string of the molecule is CC1CC=C(C(=O)C(=O)N(C)C)c2cc(C(=O)N3C[C@H](C)N(Cc4ccc(F)cc4)C[C@H]3C)c(Cl)cc21. The molecule has 6 nitrogen and oxygen atoms in total. The quantitative estimate of drug-likeness (QED) is 0.528. The van der Waals surface area contributed by atoms with Crippen molar-refractivity contribution < 1.29 is 18.8 Å². The highest BCUT2D eigenvalue weighted by Gasteiger charge is 2.35. The maximum atomic E-state index is 13.8. The van der Waals surface area contributed by atoms with E-state index >= 15 is 0 Å². The second-order valence-electron chi connectivity index (χ2n) is 10.4. The zero-order chi connectivity index (χ0) is 27.0. The van der Waals surface area contributed by atoms with Crippen LogP contribution in [-0.2, 0) is 16.1 Å².